The topological polar surface area (TPSA) is 23.8 Å². The van der Waals surface area contributed by atoms with Crippen LogP contribution in [0.4, 0.5) is 35.1 Å². The predicted molar refractivity (Wildman–Crippen MR) is 73.5 cm³/mol. The highest BCUT2D eigenvalue weighted by Gasteiger charge is 2.31. The summed E-state index contributed by atoms with van der Waals surface area (Å²) >= 11 is 2.53. The van der Waals surface area contributed by atoms with E-state index >= 15 is 0 Å². The number of hydrogen-bond donors (Lipinski definition) is 0. The van der Waals surface area contributed by atoms with Crippen molar-refractivity contribution in [3.05, 3.63) is 56.6 Å². The monoisotopic (exact) mass is 425 g/mol. The normalized spacial score (nSPS) is 11.4. The van der Waals surface area contributed by atoms with Crippen LogP contribution in [0.1, 0.15) is 5.56 Å². The number of halogens is 9. The standard InChI is InChI=1S/C15BrF8N/c16-7-5-3(8(17)12(21)14(23)10(5)19)2(1-25)4-6(7)11(20)15(24)13(22)9(4)18. The van der Waals surface area contributed by atoms with Gasteiger partial charge in [-0.1, -0.05) is 0 Å². The Morgan fingerprint density at radius 3 is 1.08 bits per heavy atom. The van der Waals surface area contributed by atoms with E-state index in [9.17, 15) is 35.1 Å². The van der Waals surface area contributed by atoms with Gasteiger partial charge in [-0.3, -0.25) is 0 Å². The van der Waals surface area contributed by atoms with Crippen molar-refractivity contribution in [2.24, 2.45) is 0 Å². The molecular weight excluding hydrogens is 426 g/mol. The first kappa shape index (κ1) is 17.4. The van der Waals surface area contributed by atoms with Crippen LogP contribution in [0.25, 0.3) is 21.5 Å². The highest BCUT2D eigenvalue weighted by molar-refractivity contribution is 9.10. The Hall–Kier alpha value is -2.41. The number of fused-ring (bicyclic) bond motifs is 2. The summed E-state index contributed by atoms with van der Waals surface area (Å²) in [6, 6.07) is 1.16. The molecule has 0 N–H and O–H groups in total. The summed E-state index contributed by atoms with van der Waals surface area (Å²) in [6.45, 7) is 0. The fraction of sp³-hybridized carbons (Fsp3) is 0. The Labute approximate surface area is 141 Å². The van der Waals surface area contributed by atoms with Crippen LogP contribution in [0.15, 0.2) is 4.47 Å². The Bertz CT molecular complexity index is 1070. The van der Waals surface area contributed by atoms with Gasteiger partial charge in [0.25, 0.3) is 0 Å². The van der Waals surface area contributed by atoms with Gasteiger partial charge >= 0.3 is 0 Å². The van der Waals surface area contributed by atoms with Crippen molar-refractivity contribution >= 4 is 37.5 Å². The molecule has 0 aliphatic carbocycles. The molecule has 128 valence electrons. The zero-order chi connectivity index (χ0) is 18.8. The molecule has 1 nitrogen and oxygen atoms in total. The largest absolute Gasteiger partial charge is 0.203 e. The van der Waals surface area contributed by atoms with Gasteiger partial charge in [0.15, 0.2) is 46.5 Å². The quantitative estimate of drug-likeness (QED) is 0.195. The van der Waals surface area contributed by atoms with Gasteiger partial charge < -0.3 is 0 Å². The molecule has 0 amide bonds. The van der Waals surface area contributed by atoms with Crippen LogP contribution < -0.4 is 0 Å². The van der Waals surface area contributed by atoms with Crippen molar-refractivity contribution in [2.75, 3.05) is 0 Å². The number of nitrogens with zero attached hydrogens (tertiary/aromatic N) is 1. The maximum Gasteiger partial charge on any atom is 0.198 e. The second kappa shape index (κ2) is 5.56. The lowest BCUT2D eigenvalue weighted by atomic mass is 9.95. The third-order valence-corrected chi connectivity index (χ3v) is 4.38. The van der Waals surface area contributed by atoms with Gasteiger partial charge in [0.1, 0.15) is 6.07 Å². The van der Waals surface area contributed by atoms with Crippen molar-refractivity contribution in [1.82, 2.24) is 0 Å². The summed E-state index contributed by atoms with van der Waals surface area (Å²) in [5.41, 5.74) is -1.22. The summed E-state index contributed by atoms with van der Waals surface area (Å²) < 4.78 is 109. The van der Waals surface area contributed by atoms with E-state index in [0.717, 1.165) is 6.07 Å². The van der Waals surface area contributed by atoms with E-state index in [0.29, 0.717) is 0 Å². The second-order valence-corrected chi connectivity index (χ2v) is 5.61. The molecular formula is C15BrF8N. The van der Waals surface area contributed by atoms with E-state index in [-0.39, 0.29) is 0 Å². The highest BCUT2D eigenvalue weighted by atomic mass is 79.9. The number of hydrogen-bond acceptors (Lipinski definition) is 1. The van der Waals surface area contributed by atoms with Crippen LogP contribution >= 0.6 is 15.9 Å². The van der Waals surface area contributed by atoms with E-state index in [1.54, 1.807) is 0 Å². The van der Waals surface area contributed by atoms with Gasteiger partial charge in [0.05, 0.1) is 5.56 Å². The van der Waals surface area contributed by atoms with E-state index < -0.39 is 78.1 Å². The molecule has 0 atom stereocenters. The molecule has 0 fully saturated rings. The van der Waals surface area contributed by atoms with Crippen LogP contribution in [0, 0.1) is 57.9 Å². The molecule has 0 radical (unpaired) electrons. The minimum atomic E-state index is -2.31. The van der Waals surface area contributed by atoms with E-state index in [1.807, 2.05) is 0 Å². The lowest BCUT2D eigenvalue weighted by Gasteiger charge is -2.14. The molecule has 0 saturated carbocycles. The van der Waals surface area contributed by atoms with Crippen molar-refractivity contribution in [2.45, 2.75) is 0 Å². The average Bonchev–Trinajstić information content (AvgIpc) is 2.59. The SMILES string of the molecule is N#Cc1c2c(F)c(F)c(F)c(F)c2c(Br)c2c(F)c(F)c(F)c(F)c12. The summed E-state index contributed by atoms with van der Waals surface area (Å²) in [6.07, 6.45) is 0. The van der Waals surface area contributed by atoms with Gasteiger partial charge in [0.2, 0.25) is 0 Å². The molecule has 0 heterocycles. The zero-order valence-corrected chi connectivity index (χ0v) is 12.9. The third-order valence-electron chi connectivity index (χ3n) is 3.58. The number of benzene rings is 3. The number of rotatable bonds is 0. The van der Waals surface area contributed by atoms with Crippen molar-refractivity contribution in [1.29, 1.82) is 5.26 Å². The second-order valence-electron chi connectivity index (χ2n) is 4.81. The molecule has 0 unspecified atom stereocenters. The summed E-state index contributed by atoms with van der Waals surface area (Å²) in [4.78, 5) is 0. The molecule has 0 bridgehead atoms. The summed E-state index contributed by atoms with van der Waals surface area (Å²) in [5.74, 6) is -17.4. The minimum absolute atomic E-state index is 0.915. The summed E-state index contributed by atoms with van der Waals surface area (Å²) in [5, 5.41) is 4.28. The maximum absolute atomic E-state index is 14.1. The Morgan fingerprint density at radius 1 is 0.520 bits per heavy atom. The highest BCUT2D eigenvalue weighted by Crippen LogP contribution is 2.43. The van der Waals surface area contributed by atoms with Gasteiger partial charge in [-0.2, -0.15) is 5.26 Å². The molecule has 0 saturated heterocycles. The van der Waals surface area contributed by atoms with E-state index in [1.165, 1.54) is 0 Å². The van der Waals surface area contributed by atoms with Crippen molar-refractivity contribution < 1.29 is 35.1 Å². The smallest absolute Gasteiger partial charge is 0.198 e. The molecule has 0 aliphatic rings. The lowest BCUT2D eigenvalue weighted by molar-refractivity contribution is 0.416. The van der Waals surface area contributed by atoms with Gasteiger partial charge in [0, 0.05) is 26.0 Å². The fourth-order valence-electron chi connectivity index (χ4n) is 2.51. The Morgan fingerprint density at radius 2 is 0.800 bits per heavy atom. The van der Waals surface area contributed by atoms with Crippen molar-refractivity contribution in [3.63, 3.8) is 0 Å². The molecule has 0 aromatic heterocycles. The molecule has 3 aromatic rings. The zero-order valence-electron chi connectivity index (χ0n) is 11.3. The third kappa shape index (κ3) is 2.05. The van der Waals surface area contributed by atoms with Crippen LogP contribution in [0.5, 0.6) is 0 Å². The minimum Gasteiger partial charge on any atom is -0.203 e. The molecule has 10 heteroatoms. The fourth-order valence-corrected chi connectivity index (χ4v) is 3.25. The Balaban J connectivity index is 2.88. The van der Waals surface area contributed by atoms with Gasteiger partial charge in [-0.15, -0.1) is 0 Å². The van der Waals surface area contributed by atoms with Crippen LogP contribution in [0.3, 0.4) is 0 Å². The lowest BCUT2D eigenvalue weighted by Crippen LogP contribution is -2.05. The molecule has 25 heavy (non-hydrogen) atoms. The van der Waals surface area contributed by atoms with E-state index in [2.05, 4.69) is 15.9 Å². The van der Waals surface area contributed by atoms with Crippen LogP contribution in [0.2, 0.25) is 0 Å². The van der Waals surface area contributed by atoms with Gasteiger partial charge in [-0.25, -0.2) is 35.1 Å². The van der Waals surface area contributed by atoms with Crippen LogP contribution in [-0.2, 0) is 0 Å². The summed E-state index contributed by atoms with van der Waals surface area (Å²) in [7, 11) is 0. The first-order valence-corrected chi connectivity index (χ1v) is 6.97. The van der Waals surface area contributed by atoms with Gasteiger partial charge in [-0.05, 0) is 15.9 Å². The molecule has 0 aliphatic heterocycles. The van der Waals surface area contributed by atoms with E-state index in [4.69, 9.17) is 5.26 Å². The van der Waals surface area contributed by atoms with Crippen molar-refractivity contribution in [3.8, 4) is 6.07 Å². The van der Waals surface area contributed by atoms with Crippen LogP contribution in [-0.4, -0.2) is 0 Å². The molecule has 3 rings (SSSR count). The predicted octanol–water partition coefficient (Wildman–Crippen LogP) is 5.74. The first-order valence-electron chi connectivity index (χ1n) is 6.17. The Kier molecular flexibility index (Phi) is 3.87. The number of nitriles is 1. The maximum atomic E-state index is 14.1. The molecule has 0 spiro atoms. The molecule has 3 aromatic carbocycles. The average molecular weight is 426 g/mol. The first-order chi connectivity index (χ1) is 11.6.